The van der Waals surface area contributed by atoms with Crippen molar-refractivity contribution in [1.82, 2.24) is 5.32 Å². The van der Waals surface area contributed by atoms with Crippen LogP contribution in [-0.2, 0) is 4.74 Å². The third-order valence-corrected chi connectivity index (χ3v) is 5.01. The van der Waals surface area contributed by atoms with Gasteiger partial charge in [-0.05, 0) is 49.1 Å². The molecule has 0 saturated heterocycles. The zero-order valence-corrected chi connectivity index (χ0v) is 14.4. The van der Waals surface area contributed by atoms with Crippen molar-refractivity contribution in [3.63, 3.8) is 0 Å². The molecule has 0 aromatic heterocycles. The average molecular weight is 330 g/mol. The number of nitrogens with one attached hydrogen (secondary N) is 1. The summed E-state index contributed by atoms with van der Waals surface area (Å²) in [5.41, 5.74) is 1.04. The van der Waals surface area contributed by atoms with Crippen molar-refractivity contribution >= 4 is 23.2 Å². The molecule has 1 N–H and O–H groups in total. The largest absolute Gasteiger partial charge is 0.379 e. The smallest absolute Gasteiger partial charge is 0.0794 e. The van der Waals surface area contributed by atoms with E-state index in [1.54, 1.807) is 0 Å². The molecule has 1 fully saturated rings. The molecule has 0 spiro atoms. The Hall–Kier alpha value is -0.280. The number of rotatable bonds is 6. The highest BCUT2D eigenvalue weighted by atomic mass is 35.5. The maximum absolute atomic E-state index is 6.41. The van der Waals surface area contributed by atoms with Gasteiger partial charge < -0.3 is 10.1 Å². The Balaban J connectivity index is 2.28. The molecule has 4 heteroatoms. The van der Waals surface area contributed by atoms with Crippen molar-refractivity contribution < 1.29 is 4.74 Å². The van der Waals surface area contributed by atoms with E-state index >= 15 is 0 Å². The summed E-state index contributed by atoms with van der Waals surface area (Å²) < 4.78 is 5.89. The number of benzene rings is 1. The van der Waals surface area contributed by atoms with Gasteiger partial charge in [-0.15, -0.1) is 0 Å². The van der Waals surface area contributed by atoms with E-state index in [-0.39, 0.29) is 12.1 Å². The Kier molecular flexibility index (Phi) is 6.81. The van der Waals surface area contributed by atoms with Gasteiger partial charge in [-0.2, -0.15) is 0 Å². The first-order chi connectivity index (χ1) is 10.2. The Morgan fingerprint density at radius 1 is 1.24 bits per heavy atom. The summed E-state index contributed by atoms with van der Waals surface area (Å²) in [4.78, 5) is 0. The average Bonchev–Trinajstić information content (AvgIpc) is 2.51. The van der Waals surface area contributed by atoms with Crippen LogP contribution in [0, 0.1) is 5.92 Å². The lowest BCUT2D eigenvalue weighted by Gasteiger charge is -2.36. The fraction of sp³-hybridized carbons (Fsp3) is 0.647. The van der Waals surface area contributed by atoms with E-state index in [1.165, 1.54) is 32.1 Å². The quantitative estimate of drug-likeness (QED) is 0.770. The molecule has 21 heavy (non-hydrogen) atoms. The van der Waals surface area contributed by atoms with E-state index in [1.807, 2.05) is 25.3 Å². The van der Waals surface area contributed by atoms with Gasteiger partial charge in [-0.1, -0.05) is 49.4 Å². The van der Waals surface area contributed by atoms with Crippen LogP contribution in [0.25, 0.3) is 0 Å². The van der Waals surface area contributed by atoms with Gasteiger partial charge in [-0.25, -0.2) is 0 Å². The van der Waals surface area contributed by atoms with Gasteiger partial charge in [-0.3, -0.25) is 0 Å². The summed E-state index contributed by atoms with van der Waals surface area (Å²) in [6.45, 7) is 2.99. The predicted molar refractivity (Wildman–Crippen MR) is 90.3 cm³/mol. The molecule has 2 nitrogen and oxygen atoms in total. The summed E-state index contributed by atoms with van der Waals surface area (Å²) in [5, 5.41) is 5.02. The van der Waals surface area contributed by atoms with Crippen molar-refractivity contribution in [3.8, 4) is 0 Å². The second kappa shape index (κ2) is 8.38. The van der Waals surface area contributed by atoms with E-state index in [9.17, 15) is 0 Å². The van der Waals surface area contributed by atoms with Gasteiger partial charge >= 0.3 is 0 Å². The van der Waals surface area contributed by atoms with Crippen molar-refractivity contribution in [3.05, 3.63) is 33.8 Å². The molecule has 118 valence electrons. The molecule has 1 aromatic carbocycles. The van der Waals surface area contributed by atoms with Gasteiger partial charge in [0, 0.05) is 17.2 Å². The molecule has 2 rings (SSSR count). The van der Waals surface area contributed by atoms with Crippen molar-refractivity contribution in [2.75, 3.05) is 13.7 Å². The molecule has 0 amide bonds. The van der Waals surface area contributed by atoms with Gasteiger partial charge in [0.15, 0.2) is 0 Å². The summed E-state index contributed by atoms with van der Waals surface area (Å²) in [6, 6.07) is 5.76. The highest BCUT2D eigenvalue weighted by Gasteiger charge is 2.32. The fourth-order valence-electron chi connectivity index (χ4n) is 3.44. The SMILES string of the molecule is CCNC(c1cc(Cl)ccc1Cl)C(OC)C1CCCCC1. The van der Waals surface area contributed by atoms with Gasteiger partial charge in [0.1, 0.15) is 0 Å². The molecule has 0 bridgehead atoms. The van der Waals surface area contributed by atoms with Crippen LogP contribution in [0.5, 0.6) is 0 Å². The topological polar surface area (TPSA) is 21.3 Å². The van der Waals surface area contributed by atoms with E-state index < -0.39 is 0 Å². The molecule has 0 aliphatic heterocycles. The molecule has 1 aliphatic carbocycles. The minimum absolute atomic E-state index is 0.0919. The third-order valence-electron chi connectivity index (χ3n) is 4.43. The van der Waals surface area contributed by atoms with Crippen LogP contribution in [-0.4, -0.2) is 19.8 Å². The summed E-state index contributed by atoms with van der Waals surface area (Å²) in [7, 11) is 1.81. The van der Waals surface area contributed by atoms with Crippen LogP contribution in [0.3, 0.4) is 0 Å². The summed E-state index contributed by atoms with van der Waals surface area (Å²) in [5.74, 6) is 0.586. The maximum atomic E-state index is 6.41. The Morgan fingerprint density at radius 3 is 2.57 bits per heavy atom. The first-order valence-corrected chi connectivity index (χ1v) is 8.64. The monoisotopic (exact) mass is 329 g/mol. The van der Waals surface area contributed by atoms with Crippen molar-refractivity contribution in [2.45, 2.75) is 51.2 Å². The minimum atomic E-state index is 0.0919. The second-order valence-electron chi connectivity index (χ2n) is 5.80. The van der Waals surface area contributed by atoms with Crippen LogP contribution in [0.15, 0.2) is 18.2 Å². The van der Waals surface area contributed by atoms with E-state index in [0.717, 1.165) is 22.2 Å². The van der Waals surface area contributed by atoms with Crippen LogP contribution in [0.2, 0.25) is 10.0 Å². The third kappa shape index (κ3) is 4.35. The van der Waals surface area contributed by atoms with Crippen molar-refractivity contribution in [2.24, 2.45) is 5.92 Å². The van der Waals surface area contributed by atoms with Gasteiger partial charge in [0.05, 0.1) is 12.1 Å². The van der Waals surface area contributed by atoms with Gasteiger partial charge in [0.25, 0.3) is 0 Å². The molecule has 1 aromatic rings. The summed E-state index contributed by atoms with van der Waals surface area (Å²) >= 11 is 12.6. The standard InChI is InChI=1S/C17H25Cl2NO/c1-3-20-16(14-11-13(18)9-10-15(14)19)17(21-2)12-7-5-4-6-8-12/h9-12,16-17,20H,3-8H2,1-2H3. The highest BCUT2D eigenvalue weighted by molar-refractivity contribution is 6.33. The zero-order chi connectivity index (χ0) is 15.2. The Labute approximate surface area is 138 Å². The normalized spacial score (nSPS) is 19.4. The Bertz CT molecular complexity index is 446. The molecule has 1 saturated carbocycles. The lowest BCUT2D eigenvalue weighted by Crippen LogP contribution is -2.39. The van der Waals surface area contributed by atoms with Crippen molar-refractivity contribution in [1.29, 1.82) is 0 Å². The first kappa shape index (κ1) is 17.1. The highest BCUT2D eigenvalue weighted by Crippen LogP contribution is 2.37. The van der Waals surface area contributed by atoms with E-state index in [0.29, 0.717) is 5.92 Å². The molecule has 2 unspecified atom stereocenters. The number of likely N-dealkylation sites (N-methyl/N-ethyl adjacent to an activating group) is 1. The lowest BCUT2D eigenvalue weighted by atomic mass is 9.81. The second-order valence-corrected chi connectivity index (χ2v) is 6.64. The zero-order valence-electron chi connectivity index (χ0n) is 12.9. The molecule has 0 heterocycles. The van der Waals surface area contributed by atoms with E-state index in [2.05, 4.69) is 12.2 Å². The predicted octanol–water partition coefficient (Wildman–Crippen LogP) is 5.24. The van der Waals surface area contributed by atoms with Crippen LogP contribution < -0.4 is 5.32 Å². The molecule has 0 radical (unpaired) electrons. The van der Waals surface area contributed by atoms with Crippen LogP contribution in [0.4, 0.5) is 0 Å². The number of methoxy groups -OCH3 is 1. The number of hydrogen-bond donors (Lipinski definition) is 1. The van der Waals surface area contributed by atoms with Gasteiger partial charge in [0.2, 0.25) is 0 Å². The van der Waals surface area contributed by atoms with Crippen LogP contribution >= 0.6 is 23.2 Å². The Morgan fingerprint density at radius 2 is 1.95 bits per heavy atom. The van der Waals surface area contributed by atoms with Crippen LogP contribution in [0.1, 0.15) is 50.6 Å². The van der Waals surface area contributed by atoms with E-state index in [4.69, 9.17) is 27.9 Å². The lowest BCUT2D eigenvalue weighted by molar-refractivity contribution is 0.00795. The molecular formula is C17H25Cl2NO. The fourth-order valence-corrected chi connectivity index (χ4v) is 3.85. The number of ether oxygens (including phenoxy) is 1. The first-order valence-electron chi connectivity index (χ1n) is 7.88. The summed E-state index contributed by atoms with van der Waals surface area (Å²) in [6.07, 6.45) is 6.55. The molecule has 1 aliphatic rings. The number of hydrogen-bond acceptors (Lipinski definition) is 2. The molecular weight excluding hydrogens is 305 g/mol. The minimum Gasteiger partial charge on any atom is -0.379 e. The molecule has 2 atom stereocenters. The number of halogens is 2. The maximum Gasteiger partial charge on any atom is 0.0794 e.